The summed E-state index contributed by atoms with van der Waals surface area (Å²) >= 11 is 0. The normalized spacial score (nSPS) is 18.6. The summed E-state index contributed by atoms with van der Waals surface area (Å²) in [6.07, 6.45) is 1.02. The minimum atomic E-state index is 0. The number of para-hydroxylation sites is 1. The number of anilines is 1. The van der Waals surface area contributed by atoms with Crippen molar-refractivity contribution in [3.8, 4) is 0 Å². The molecule has 1 unspecified atom stereocenters. The van der Waals surface area contributed by atoms with E-state index >= 15 is 0 Å². The van der Waals surface area contributed by atoms with Gasteiger partial charge in [-0.3, -0.25) is 4.79 Å². The van der Waals surface area contributed by atoms with Gasteiger partial charge in [-0.05, 0) is 24.0 Å². The highest BCUT2D eigenvalue weighted by Crippen LogP contribution is 2.34. The van der Waals surface area contributed by atoms with Crippen LogP contribution in [-0.4, -0.2) is 19.0 Å². The van der Waals surface area contributed by atoms with Gasteiger partial charge in [-0.25, -0.2) is 0 Å². The van der Waals surface area contributed by atoms with Crippen LogP contribution in [0.15, 0.2) is 24.3 Å². The number of carbonyl (C=O) groups is 1. The van der Waals surface area contributed by atoms with Crippen molar-refractivity contribution < 1.29 is 4.79 Å². The Kier molecular flexibility index (Phi) is 4.33. The summed E-state index contributed by atoms with van der Waals surface area (Å²) in [6.45, 7) is 3.07. The summed E-state index contributed by atoms with van der Waals surface area (Å²) < 4.78 is 0. The molecule has 88 valence electrons. The number of hydrogen-bond donors (Lipinski definition) is 1. The number of benzene rings is 1. The van der Waals surface area contributed by atoms with Gasteiger partial charge < -0.3 is 10.6 Å². The van der Waals surface area contributed by atoms with Gasteiger partial charge in [-0.15, -0.1) is 12.4 Å². The van der Waals surface area contributed by atoms with Crippen molar-refractivity contribution in [2.75, 3.05) is 18.0 Å². The largest absolute Gasteiger partial charge is 0.322 e. The Labute approximate surface area is 102 Å². The van der Waals surface area contributed by atoms with Crippen LogP contribution >= 0.6 is 12.4 Å². The van der Waals surface area contributed by atoms with E-state index in [4.69, 9.17) is 5.73 Å². The first-order valence-corrected chi connectivity index (χ1v) is 5.33. The highest BCUT2D eigenvalue weighted by atomic mass is 35.5. The monoisotopic (exact) mass is 240 g/mol. The lowest BCUT2D eigenvalue weighted by Gasteiger charge is -2.32. The van der Waals surface area contributed by atoms with Crippen molar-refractivity contribution in [2.45, 2.75) is 19.3 Å². The summed E-state index contributed by atoms with van der Waals surface area (Å²) in [7, 11) is 0. The van der Waals surface area contributed by atoms with Crippen molar-refractivity contribution in [1.82, 2.24) is 0 Å². The maximum atomic E-state index is 11.6. The Bertz CT molecular complexity index is 381. The van der Waals surface area contributed by atoms with Gasteiger partial charge in [0.2, 0.25) is 5.91 Å². The zero-order chi connectivity index (χ0) is 10.8. The topological polar surface area (TPSA) is 46.3 Å². The van der Waals surface area contributed by atoms with Crippen LogP contribution in [0, 0.1) is 0 Å². The van der Waals surface area contributed by atoms with E-state index in [-0.39, 0.29) is 24.9 Å². The molecule has 1 aliphatic rings. The number of nitrogens with two attached hydrogens (primary N) is 1. The molecule has 0 saturated carbocycles. The Morgan fingerprint density at radius 3 is 2.88 bits per heavy atom. The zero-order valence-corrected chi connectivity index (χ0v) is 10.2. The van der Waals surface area contributed by atoms with Crippen LogP contribution < -0.4 is 10.6 Å². The molecule has 0 saturated heterocycles. The summed E-state index contributed by atoms with van der Waals surface area (Å²) in [6, 6.07) is 8.08. The summed E-state index contributed by atoms with van der Waals surface area (Å²) in [5.74, 6) is 0.539. The lowest BCUT2D eigenvalue weighted by molar-refractivity contribution is -0.117. The number of halogens is 1. The molecule has 1 heterocycles. The smallest absolute Gasteiger partial charge is 0.240 e. The number of hydrogen-bond acceptors (Lipinski definition) is 2. The van der Waals surface area contributed by atoms with Crippen LogP contribution in [0.25, 0.3) is 0 Å². The molecule has 2 rings (SSSR count). The lowest BCUT2D eigenvalue weighted by Crippen LogP contribution is -2.40. The van der Waals surface area contributed by atoms with Gasteiger partial charge >= 0.3 is 0 Å². The van der Waals surface area contributed by atoms with Crippen molar-refractivity contribution in [3.63, 3.8) is 0 Å². The highest BCUT2D eigenvalue weighted by Gasteiger charge is 2.24. The van der Waals surface area contributed by atoms with Crippen LogP contribution in [0.3, 0.4) is 0 Å². The second-order valence-electron chi connectivity index (χ2n) is 4.00. The quantitative estimate of drug-likeness (QED) is 0.815. The number of carbonyl (C=O) groups excluding carboxylic acids is 1. The van der Waals surface area contributed by atoms with Crippen LogP contribution in [0.2, 0.25) is 0 Å². The van der Waals surface area contributed by atoms with Crippen molar-refractivity contribution in [3.05, 3.63) is 29.8 Å². The van der Waals surface area contributed by atoms with E-state index in [9.17, 15) is 4.79 Å². The highest BCUT2D eigenvalue weighted by molar-refractivity contribution is 5.95. The van der Waals surface area contributed by atoms with Crippen molar-refractivity contribution >= 4 is 24.0 Å². The minimum absolute atomic E-state index is 0. The average molecular weight is 241 g/mol. The average Bonchev–Trinajstić information content (AvgIpc) is 2.29. The van der Waals surface area contributed by atoms with Crippen LogP contribution in [0.5, 0.6) is 0 Å². The van der Waals surface area contributed by atoms with Gasteiger partial charge in [0.25, 0.3) is 0 Å². The molecule has 1 aromatic rings. The fourth-order valence-corrected chi connectivity index (χ4v) is 2.12. The summed E-state index contributed by atoms with van der Waals surface area (Å²) in [5.41, 5.74) is 7.69. The number of fused-ring (bicyclic) bond motifs is 1. The molecule has 0 radical (unpaired) electrons. The molecule has 0 fully saturated rings. The molecule has 1 atom stereocenters. The number of amides is 1. The van der Waals surface area contributed by atoms with E-state index in [2.05, 4.69) is 13.0 Å². The van der Waals surface area contributed by atoms with Crippen LogP contribution in [0.1, 0.15) is 24.8 Å². The van der Waals surface area contributed by atoms with Crippen molar-refractivity contribution in [2.24, 2.45) is 5.73 Å². The third-order valence-corrected chi connectivity index (χ3v) is 3.02. The van der Waals surface area contributed by atoms with Crippen LogP contribution in [0.4, 0.5) is 5.69 Å². The molecule has 1 aromatic carbocycles. The zero-order valence-electron chi connectivity index (χ0n) is 9.35. The van der Waals surface area contributed by atoms with E-state index in [0.29, 0.717) is 5.92 Å². The molecule has 0 aliphatic carbocycles. The SMILES string of the molecule is CC1CCN(C(=O)CN)c2ccccc21.Cl. The van der Waals surface area contributed by atoms with E-state index in [1.807, 2.05) is 18.2 Å². The Morgan fingerprint density at radius 2 is 2.19 bits per heavy atom. The molecule has 2 N–H and O–H groups in total. The summed E-state index contributed by atoms with van der Waals surface area (Å²) in [4.78, 5) is 13.4. The molecule has 3 nitrogen and oxygen atoms in total. The molecule has 0 aromatic heterocycles. The first kappa shape index (κ1) is 13.0. The van der Waals surface area contributed by atoms with E-state index in [0.717, 1.165) is 18.7 Å². The molecule has 16 heavy (non-hydrogen) atoms. The predicted octanol–water partition coefficient (Wildman–Crippen LogP) is 1.91. The third-order valence-electron chi connectivity index (χ3n) is 3.02. The maximum Gasteiger partial charge on any atom is 0.240 e. The molecule has 1 aliphatic heterocycles. The van der Waals surface area contributed by atoms with Crippen LogP contribution in [-0.2, 0) is 4.79 Å². The fourth-order valence-electron chi connectivity index (χ4n) is 2.12. The third kappa shape index (κ3) is 2.20. The number of nitrogens with zero attached hydrogens (tertiary/aromatic N) is 1. The maximum absolute atomic E-state index is 11.6. The first-order chi connectivity index (χ1) is 7.24. The van der Waals surface area contributed by atoms with Gasteiger partial charge in [0.15, 0.2) is 0 Å². The molecule has 1 amide bonds. The standard InChI is InChI=1S/C12H16N2O.ClH/c1-9-6-7-14(12(15)8-13)11-5-3-2-4-10(9)11;/h2-5,9H,6-8,13H2,1H3;1H. The van der Waals surface area contributed by atoms with E-state index < -0.39 is 0 Å². The Hall–Kier alpha value is -1.06. The van der Waals surface area contributed by atoms with Gasteiger partial charge in [0.1, 0.15) is 0 Å². The van der Waals surface area contributed by atoms with E-state index in [1.165, 1.54) is 5.56 Å². The molecular weight excluding hydrogens is 224 g/mol. The predicted molar refractivity (Wildman–Crippen MR) is 68.1 cm³/mol. The second kappa shape index (κ2) is 5.32. The first-order valence-electron chi connectivity index (χ1n) is 5.33. The van der Waals surface area contributed by atoms with Gasteiger partial charge in [-0.2, -0.15) is 0 Å². The fraction of sp³-hybridized carbons (Fsp3) is 0.417. The number of rotatable bonds is 1. The minimum Gasteiger partial charge on any atom is -0.322 e. The van der Waals surface area contributed by atoms with Gasteiger partial charge in [-0.1, -0.05) is 25.1 Å². The lowest BCUT2D eigenvalue weighted by atomic mass is 9.91. The molecular formula is C12H17ClN2O. The van der Waals surface area contributed by atoms with Crippen molar-refractivity contribution in [1.29, 1.82) is 0 Å². The Balaban J connectivity index is 0.00000128. The Morgan fingerprint density at radius 1 is 1.50 bits per heavy atom. The van der Waals surface area contributed by atoms with E-state index in [1.54, 1.807) is 4.90 Å². The molecule has 0 spiro atoms. The van der Waals surface area contributed by atoms with Gasteiger partial charge in [0.05, 0.1) is 6.54 Å². The second-order valence-corrected chi connectivity index (χ2v) is 4.00. The molecule has 0 bridgehead atoms. The molecule has 4 heteroatoms. The summed E-state index contributed by atoms with van der Waals surface area (Å²) in [5, 5.41) is 0. The van der Waals surface area contributed by atoms with Gasteiger partial charge in [0, 0.05) is 12.2 Å².